The molecule has 1 aromatic carbocycles. The molecule has 1 aliphatic heterocycles. The molecule has 2 amide bonds. The largest absolute Gasteiger partial charge is 0.469 e. The Bertz CT molecular complexity index is 1010. The number of halogens is 1. The molecular formula is C22H23FN4O3. The number of nitrogens with one attached hydrogen (secondary N) is 2. The molecule has 0 aliphatic carbocycles. The van der Waals surface area contributed by atoms with Crippen LogP contribution in [0.25, 0.3) is 5.69 Å². The summed E-state index contributed by atoms with van der Waals surface area (Å²) < 4.78 is 20.1. The number of carbonyl (C=O) groups excluding carboxylic acids is 2. The Morgan fingerprint density at radius 2 is 2.13 bits per heavy atom. The van der Waals surface area contributed by atoms with Crippen LogP contribution in [0.2, 0.25) is 0 Å². The van der Waals surface area contributed by atoms with Crippen LogP contribution < -0.4 is 10.6 Å². The van der Waals surface area contributed by atoms with Crippen LogP contribution in [-0.2, 0) is 22.6 Å². The van der Waals surface area contributed by atoms with Crippen LogP contribution in [0.3, 0.4) is 0 Å². The van der Waals surface area contributed by atoms with Crippen LogP contribution >= 0.6 is 0 Å². The standard InChI is InChI=1S/C22H23FN4O3/c23-17-3-5-18(6-4-17)27-15-16(14-25-27)13-24-20(28)7-9-22(10-8-21(29)26-22)12-19-2-1-11-30-19/h1-6,11,14-15H,7-10,12-13H2,(H,24,28)(H,26,29). The number of rotatable bonds is 8. The van der Waals surface area contributed by atoms with Crippen molar-refractivity contribution in [3.63, 3.8) is 0 Å². The van der Waals surface area contributed by atoms with Gasteiger partial charge in [0.25, 0.3) is 0 Å². The van der Waals surface area contributed by atoms with Crippen LogP contribution in [0.5, 0.6) is 0 Å². The Labute approximate surface area is 173 Å². The molecule has 2 aromatic heterocycles. The Kier molecular flexibility index (Phi) is 5.65. The monoisotopic (exact) mass is 410 g/mol. The highest BCUT2D eigenvalue weighted by atomic mass is 19.1. The summed E-state index contributed by atoms with van der Waals surface area (Å²) >= 11 is 0. The van der Waals surface area contributed by atoms with Gasteiger partial charge in [-0.1, -0.05) is 0 Å². The molecule has 1 atom stereocenters. The van der Waals surface area contributed by atoms with Crippen molar-refractivity contribution in [3.8, 4) is 5.69 Å². The molecule has 3 heterocycles. The van der Waals surface area contributed by atoms with Crippen LogP contribution in [0.4, 0.5) is 4.39 Å². The molecule has 8 heteroatoms. The van der Waals surface area contributed by atoms with E-state index in [4.69, 9.17) is 4.42 Å². The van der Waals surface area contributed by atoms with E-state index in [1.54, 1.807) is 35.5 Å². The Hall–Kier alpha value is -3.42. The van der Waals surface area contributed by atoms with Gasteiger partial charge in [-0.15, -0.1) is 0 Å². The van der Waals surface area contributed by atoms with Gasteiger partial charge in [0.1, 0.15) is 11.6 Å². The fraction of sp³-hybridized carbons (Fsp3) is 0.318. The van der Waals surface area contributed by atoms with E-state index in [-0.39, 0.29) is 17.6 Å². The minimum Gasteiger partial charge on any atom is -0.469 e. The van der Waals surface area contributed by atoms with E-state index in [1.807, 2.05) is 12.1 Å². The number of furan rings is 1. The second-order valence-corrected chi connectivity index (χ2v) is 7.63. The van der Waals surface area contributed by atoms with Gasteiger partial charge in [-0.2, -0.15) is 5.10 Å². The van der Waals surface area contributed by atoms with Crippen molar-refractivity contribution in [1.29, 1.82) is 0 Å². The van der Waals surface area contributed by atoms with Crippen molar-refractivity contribution in [2.24, 2.45) is 0 Å². The maximum absolute atomic E-state index is 13.1. The third-order valence-electron chi connectivity index (χ3n) is 5.38. The predicted molar refractivity (Wildman–Crippen MR) is 107 cm³/mol. The van der Waals surface area contributed by atoms with E-state index in [9.17, 15) is 14.0 Å². The molecule has 156 valence electrons. The molecule has 0 bridgehead atoms. The van der Waals surface area contributed by atoms with Gasteiger partial charge in [0, 0.05) is 43.1 Å². The third kappa shape index (κ3) is 4.76. The van der Waals surface area contributed by atoms with Gasteiger partial charge in [0.2, 0.25) is 11.8 Å². The summed E-state index contributed by atoms with van der Waals surface area (Å²) in [5.41, 5.74) is 1.14. The first kappa shape index (κ1) is 19.9. The molecular weight excluding hydrogens is 387 g/mol. The molecule has 0 saturated carbocycles. The van der Waals surface area contributed by atoms with Crippen LogP contribution in [0.15, 0.2) is 59.5 Å². The van der Waals surface area contributed by atoms with E-state index in [0.717, 1.165) is 17.0 Å². The molecule has 1 saturated heterocycles. The summed E-state index contributed by atoms with van der Waals surface area (Å²) in [6, 6.07) is 9.72. The highest BCUT2D eigenvalue weighted by Gasteiger charge is 2.38. The number of hydrogen-bond acceptors (Lipinski definition) is 4. The van der Waals surface area contributed by atoms with Gasteiger partial charge in [-0.05, 0) is 49.2 Å². The Morgan fingerprint density at radius 1 is 1.30 bits per heavy atom. The summed E-state index contributed by atoms with van der Waals surface area (Å²) in [4.78, 5) is 24.2. The summed E-state index contributed by atoms with van der Waals surface area (Å²) in [7, 11) is 0. The number of nitrogens with zero attached hydrogens (tertiary/aromatic N) is 2. The van der Waals surface area contributed by atoms with Crippen LogP contribution in [0.1, 0.15) is 37.0 Å². The zero-order chi connectivity index (χ0) is 21.0. The van der Waals surface area contributed by atoms with Crippen molar-refractivity contribution in [3.05, 3.63) is 72.2 Å². The lowest BCUT2D eigenvalue weighted by Gasteiger charge is -2.28. The van der Waals surface area contributed by atoms with E-state index in [0.29, 0.717) is 38.6 Å². The van der Waals surface area contributed by atoms with Crippen molar-refractivity contribution in [2.45, 2.75) is 44.2 Å². The van der Waals surface area contributed by atoms with Crippen molar-refractivity contribution >= 4 is 11.8 Å². The van der Waals surface area contributed by atoms with Gasteiger partial charge in [0.15, 0.2) is 0 Å². The smallest absolute Gasteiger partial charge is 0.220 e. The lowest BCUT2D eigenvalue weighted by Crippen LogP contribution is -2.44. The molecule has 0 radical (unpaired) electrons. The lowest BCUT2D eigenvalue weighted by atomic mass is 9.87. The quantitative estimate of drug-likeness (QED) is 0.598. The molecule has 1 aliphatic rings. The summed E-state index contributed by atoms with van der Waals surface area (Å²) in [6.07, 6.45) is 7.63. The summed E-state index contributed by atoms with van der Waals surface area (Å²) in [5.74, 6) is 0.409. The van der Waals surface area contributed by atoms with Crippen molar-refractivity contribution < 1.29 is 18.4 Å². The summed E-state index contributed by atoms with van der Waals surface area (Å²) in [5, 5.41) is 10.2. The topological polar surface area (TPSA) is 89.2 Å². The van der Waals surface area contributed by atoms with Crippen molar-refractivity contribution in [2.75, 3.05) is 0 Å². The van der Waals surface area contributed by atoms with Gasteiger partial charge < -0.3 is 15.1 Å². The Balaban J connectivity index is 1.30. The van der Waals surface area contributed by atoms with Gasteiger partial charge in [-0.25, -0.2) is 9.07 Å². The van der Waals surface area contributed by atoms with Crippen LogP contribution in [0, 0.1) is 5.82 Å². The first-order chi connectivity index (χ1) is 14.5. The van der Waals surface area contributed by atoms with Gasteiger partial charge >= 0.3 is 0 Å². The molecule has 7 nitrogen and oxygen atoms in total. The molecule has 30 heavy (non-hydrogen) atoms. The highest BCUT2D eigenvalue weighted by Crippen LogP contribution is 2.29. The summed E-state index contributed by atoms with van der Waals surface area (Å²) in [6.45, 7) is 0.345. The SMILES string of the molecule is O=C(CCC1(Cc2ccco2)CCC(=O)N1)NCc1cnn(-c2ccc(F)cc2)c1. The normalized spacial score (nSPS) is 18.4. The van der Waals surface area contributed by atoms with Gasteiger partial charge in [0.05, 0.1) is 18.1 Å². The van der Waals surface area contributed by atoms with E-state index >= 15 is 0 Å². The van der Waals surface area contributed by atoms with Crippen molar-refractivity contribution in [1.82, 2.24) is 20.4 Å². The predicted octanol–water partition coefficient (Wildman–Crippen LogP) is 2.89. The van der Waals surface area contributed by atoms with Crippen LogP contribution in [-0.4, -0.2) is 27.1 Å². The fourth-order valence-electron chi connectivity index (χ4n) is 3.76. The minimum atomic E-state index is -0.445. The number of benzene rings is 1. The molecule has 4 rings (SSSR count). The number of hydrogen-bond donors (Lipinski definition) is 2. The molecule has 3 aromatic rings. The number of aromatic nitrogens is 2. The average Bonchev–Trinajstić information content (AvgIpc) is 3.48. The second kappa shape index (κ2) is 8.52. The maximum Gasteiger partial charge on any atom is 0.220 e. The first-order valence-corrected chi connectivity index (χ1v) is 9.91. The minimum absolute atomic E-state index is 0.00942. The average molecular weight is 410 g/mol. The molecule has 1 fully saturated rings. The zero-order valence-electron chi connectivity index (χ0n) is 16.4. The molecule has 1 unspecified atom stereocenters. The van der Waals surface area contributed by atoms with E-state index in [1.165, 1.54) is 12.1 Å². The van der Waals surface area contributed by atoms with Gasteiger partial charge in [-0.3, -0.25) is 9.59 Å². The van der Waals surface area contributed by atoms with E-state index < -0.39 is 5.54 Å². The maximum atomic E-state index is 13.1. The Morgan fingerprint density at radius 3 is 2.83 bits per heavy atom. The van der Waals surface area contributed by atoms with E-state index in [2.05, 4.69) is 15.7 Å². The highest BCUT2D eigenvalue weighted by molar-refractivity contribution is 5.80. The fourth-order valence-corrected chi connectivity index (χ4v) is 3.76. The third-order valence-corrected chi connectivity index (χ3v) is 5.38. The zero-order valence-corrected chi connectivity index (χ0v) is 16.4. The molecule has 2 N–H and O–H groups in total. The number of carbonyl (C=O) groups is 2. The second-order valence-electron chi connectivity index (χ2n) is 7.63. The number of amides is 2. The molecule has 0 spiro atoms. The first-order valence-electron chi connectivity index (χ1n) is 9.91. The lowest BCUT2D eigenvalue weighted by molar-refractivity contribution is -0.122.